The molecular weight excluding hydrogens is 272 g/mol. The summed E-state index contributed by atoms with van der Waals surface area (Å²) in [4.78, 5) is 11.0. The van der Waals surface area contributed by atoms with Gasteiger partial charge in [-0.2, -0.15) is 0 Å². The van der Waals surface area contributed by atoms with Gasteiger partial charge in [-0.05, 0) is 5.92 Å². The average Bonchev–Trinajstić information content (AvgIpc) is 2.35. The first-order valence-electron chi connectivity index (χ1n) is 5.70. The number of hydrogen-bond donors (Lipinski definition) is 2. The summed E-state index contributed by atoms with van der Waals surface area (Å²) < 4.78 is 10.4. The number of ether oxygens (including phenoxy) is 2. The zero-order chi connectivity index (χ0) is 14.7. The van der Waals surface area contributed by atoms with Crippen LogP contribution in [-0.2, 0) is 4.79 Å². The fraction of sp³-hybridized carbons (Fsp3) is 0.462. The van der Waals surface area contributed by atoms with Crippen molar-refractivity contribution in [2.75, 3.05) is 14.2 Å². The molecule has 0 radical (unpaired) electrons. The highest BCUT2D eigenvalue weighted by atomic mass is 35.5. The summed E-state index contributed by atoms with van der Waals surface area (Å²) in [5.41, 5.74) is 0.670. The lowest BCUT2D eigenvalue weighted by atomic mass is 9.92. The molecule has 5 nitrogen and oxygen atoms in total. The number of carboxylic acid groups (broad SMARTS) is 1. The summed E-state index contributed by atoms with van der Waals surface area (Å²) in [6.45, 7) is 3.71. The highest BCUT2D eigenvalue weighted by molar-refractivity contribution is 6.32. The summed E-state index contributed by atoms with van der Waals surface area (Å²) >= 11 is 6.07. The van der Waals surface area contributed by atoms with Crippen LogP contribution in [0.3, 0.4) is 0 Å². The smallest absolute Gasteiger partial charge is 0.337 e. The van der Waals surface area contributed by atoms with Crippen molar-refractivity contribution in [1.29, 1.82) is 0 Å². The monoisotopic (exact) mass is 288 g/mol. The van der Waals surface area contributed by atoms with Gasteiger partial charge in [-0.1, -0.05) is 25.4 Å². The van der Waals surface area contributed by atoms with Crippen LogP contribution in [0.2, 0.25) is 5.02 Å². The van der Waals surface area contributed by atoms with Crippen LogP contribution < -0.4 is 9.47 Å². The molecular formula is C13H17ClO5. The second-order valence-corrected chi connectivity index (χ2v) is 4.72. The quantitative estimate of drug-likeness (QED) is 0.871. The maximum absolute atomic E-state index is 11.0. The Balaban J connectivity index is 3.66. The molecule has 6 heteroatoms. The van der Waals surface area contributed by atoms with Gasteiger partial charge in [0.2, 0.25) is 0 Å². The van der Waals surface area contributed by atoms with Gasteiger partial charge in [0.25, 0.3) is 0 Å². The van der Waals surface area contributed by atoms with Gasteiger partial charge in [0.15, 0.2) is 17.6 Å². The molecule has 0 aliphatic carbocycles. The summed E-state index contributed by atoms with van der Waals surface area (Å²) in [6.07, 6.45) is -1.70. The molecule has 0 amide bonds. The molecule has 19 heavy (non-hydrogen) atoms. The van der Waals surface area contributed by atoms with Gasteiger partial charge >= 0.3 is 5.97 Å². The van der Waals surface area contributed by atoms with Gasteiger partial charge in [0.1, 0.15) is 0 Å². The van der Waals surface area contributed by atoms with Crippen LogP contribution in [0.1, 0.15) is 37.0 Å². The molecule has 2 N–H and O–H groups in total. The van der Waals surface area contributed by atoms with Crippen molar-refractivity contribution < 1.29 is 24.5 Å². The molecule has 0 saturated carbocycles. The number of carbonyl (C=O) groups is 1. The summed E-state index contributed by atoms with van der Waals surface area (Å²) in [5, 5.41) is 18.9. The lowest BCUT2D eigenvalue weighted by Crippen LogP contribution is -2.15. The predicted octanol–water partition coefficient (Wildman–Crippen LogP) is 2.60. The van der Waals surface area contributed by atoms with Gasteiger partial charge in [0.05, 0.1) is 19.2 Å². The fourth-order valence-electron chi connectivity index (χ4n) is 1.98. The molecule has 106 valence electrons. The number of halogens is 1. The standard InChI is InChI=1S/C13H17ClO5/c1-6(2)9-10(11(15)13(16)17)7(14)5-8(18-3)12(9)19-4/h5-6,11,15H,1-4H3,(H,16,17). The fourth-order valence-corrected chi connectivity index (χ4v) is 2.28. The first kappa shape index (κ1) is 15.6. The van der Waals surface area contributed by atoms with E-state index in [-0.39, 0.29) is 16.5 Å². The second-order valence-electron chi connectivity index (χ2n) is 4.32. The topological polar surface area (TPSA) is 76.0 Å². The summed E-state index contributed by atoms with van der Waals surface area (Å²) in [7, 11) is 2.92. The molecule has 1 rings (SSSR count). The normalized spacial score (nSPS) is 12.4. The lowest BCUT2D eigenvalue weighted by molar-refractivity contribution is -0.147. The van der Waals surface area contributed by atoms with Crippen LogP contribution >= 0.6 is 11.6 Å². The number of carboxylic acids is 1. The third-order valence-corrected chi connectivity index (χ3v) is 3.10. The Bertz CT molecular complexity index is 484. The zero-order valence-corrected chi connectivity index (χ0v) is 12.0. The van der Waals surface area contributed by atoms with E-state index in [1.807, 2.05) is 13.8 Å². The second kappa shape index (κ2) is 6.12. The van der Waals surface area contributed by atoms with Crippen molar-refractivity contribution >= 4 is 17.6 Å². The van der Waals surface area contributed by atoms with E-state index < -0.39 is 12.1 Å². The molecule has 0 aromatic heterocycles. The molecule has 0 fully saturated rings. The highest BCUT2D eigenvalue weighted by Crippen LogP contribution is 2.44. The lowest BCUT2D eigenvalue weighted by Gasteiger charge is -2.22. The Labute approximate surface area is 116 Å². The average molecular weight is 289 g/mol. The van der Waals surface area contributed by atoms with Crippen molar-refractivity contribution in [3.63, 3.8) is 0 Å². The first-order valence-corrected chi connectivity index (χ1v) is 6.08. The maximum atomic E-state index is 11.0. The molecule has 0 bridgehead atoms. The Kier molecular flexibility index (Phi) is 5.03. The molecule has 1 aromatic carbocycles. The molecule has 0 heterocycles. The summed E-state index contributed by atoms with van der Waals surface area (Å²) in [5.74, 6) is -0.669. The number of aliphatic carboxylic acids is 1. The Morgan fingerprint density at radius 2 is 1.84 bits per heavy atom. The Hall–Kier alpha value is -1.46. The van der Waals surface area contributed by atoms with Crippen LogP contribution in [0.4, 0.5) is 0 Å². The molecule has 1 unspecified atom stereocenters. The molecule has 1 aromatic rings. The number of aliphatic hydroxyl groups is 1. The van der Waals surface area contributed by atoms with Crippen molar-refractivity contribution in [2.45, 2.75) is 25.9 Å². The van der Waals surface area contributed by atoms with Crippen molar-refractivity contribution in [3.8, 4) is 11.5 Å². The van der Waals surface area contributed by atoms with Crippen molar-refractivity contribution in [1.82, 2.24) is 0 Å². The number of methoxy groups -OCH3 is 2. The minimum Gasteiger partial charge on any atom is -0.493 e. The largest absolute Gasteiger partial charge is 0.493 e. The number of benzene rings is 1. The molecule has 1 atom stereocenters. The van der Waals surface area contributed by atoms with E-state index in [4.69, 9.17) is 26.2 Å². The SMILES string of the molecule is COc1cc(Cl)c(C(O)C(=O)O)c(C(C)C)c1OC. The Morgan fingerprint density at radius 3 is 2.21 bits per heavy atom. The third kappa shape index (κ3) is 2.93. The highest BCUT2D eigenvalue weighted by Gasteiger charge is 2.29. The van der Waals surface area contributed by atoms with Gasteiger partial charge in [-0.15, -0.1) is 0 Å². The van der Waals surface area contributed by atoms with E-state index in [1.54, 1.807) is 0 Å². The first-order chi connectivity index (χ1) is 8.84. The van der Waals surface area contributed by atoms with E-state index in [9.17, 15) is 9.90 Å². The van der Waals surface area contributed by atoms with Crippen molar-refractivity contribution in [2.24, 2.45) is 0 Å². The maximum Gasteiger partial charge on any atom is 0.337 e. The number of aliphatic hydroxyl groups excluding tert-OH is 1. The minimum absolute atomic E-state index is 0.0912. The van der Waals surface area contributed by atoms with Gasteiger partial charge in [0, 0.05) is 17.2 Å². The van der Waals surface area contributed by atoms with Crippen LogP contribution in [0.25, 0.3) is 0 Å². The van der Waals surface area contributed by atoms with E-state index in [1.165, 1.54) is 20.3 Å². The molecule has 0 aliphatic heterocycles. The van der Waals surface area contributed by atoms with Gasteiger partial charge < -0.3 is 19.7 Å². The van der Waals surface area contributed by atoms with Gasteiger partial charge in [-0.3, -0.25) is 0 Å². The third-order valence-electron chi connectivity index (χ3n) is 2.78. The molecule has 0 aliphatic rings. The summed E-state index contributed by atoms with van der Waals surface area (Å²) in [6, 6.07) is 1.44. The molecule has 0 spiro atoms. The van der Waals surface area contributed by atoms with Crippen molar-refractivity contribution in [3.05, 3.63) is 22.2 Å². The van der Waals surface area contributed by atoms with E-state index in [2.05, 4.69) is 0 Å². The molecule has 0 saturated heterocycles. The minimum atomic E-state index is -1.70. The Morgan fingerprint density at radius 1 is 1.26 bits per heavy atom. The van der Waals surface area contributed by atoms with E-state index in [0.29, 0.717) is 17.1 Å². The van der Waals surface area contributed by atoms with E-state index >= 15 is 0 Å². The number of rotatable bonds is 5. The predicted molar refractivity (Wildman–Crippen MR) is 71.2 cm³/mol. The van der Waals surface area contributed by atoms with E-state index in [0.717, 1.165) is 0 Å². The van der Waals surface area contributed by atoms with Crippen LogP contribution in [0, 0.1) is 0 Å². The van der Waals surface area contributed by atoms with Crippen LogP contribution in [0.5, 0.6) is 11.5 Å². The van der Waals surface area contributed by atoms with Crippen LogP contribution in [0.15, 0.2) is 6.07 Å². The zero-order valence-electron chi connectivity index (χ0n) is 11.2. The number of hydrogen-bond acceptors (Lipinski definition) is 4. The van der Waals surface area contributed by atoms with Crippen LogP contribution in [-0.4, -0.2) is 30.4 Å². The van der Waals surface area contributed by atoms with Gasteiger partial charge in [-0.25, -0.2) is 4.79 Å².